The molecule has 4 nitrogen and oxygen atoms in total. The van der Waals surface area contributed by atoms with E-state index in [1.165, 1.54) is 11.1 Å². The molecule has 0 radical (unpaired) electrons. The second-order valence-electron chi connectivity index (χ2n) is 6.43. The first-order chi connectivity index (χ1) is 10.4. The maximum absolute atomic E-state index is 12.6. The van der Waals surface area contributed by atoms with E-state index in [0.29, 0.717) is 19.5 Å². The summed E-state index contributed by atoms with van der Waals surface area (Å²) in [6.45, 7) is 9.50. The van der Waals surface area contributed by atoms with Crippen molar-refractivity contribution in [3.63, 3.8) is 0 Å². The third kappa shape index (κ3) is 2.88. The number of aryl methyl sites for hydroxylation is 2. The van der Waals surface area contributed by atoms with Crippen LogP contribution >= 0.6 is 0 Å². The summed E-state index contributed by atoms with van der Waals surface area (Å²) < 4.78 is 11.3. The number of ether oxygens (including phenoxy) is 1. The number of hydrogen-bond donors (Lipinski definition) is 0. The molecule has 2 unspecified atom stereocenters. The van der Waals surface area contributed by atoms with E-state index in [4.69, 9.17) is 9.15 Å². The van der Waals surface area contributed by atoms with Crippen molar-refractivity contribution in [1.82, 2.24) is 4.90 Å². The van der Waals surface area contributed by atoms with Crippen LogP contribution in [0.3, 0.4) is 0 Å². The molecule has 1 aliphatic heterocycles. The molecule has 0 N–H and O–H groups in total. The molecular formula is C18H23NO3. The molecule has 118 valence electrons. The van der Waals surface area contributed by atoms with Crippen molar-refractivity contribution in [1.29, 1.82) is 0 Å². The van der Waals surface area contributed by atoms with Crippen molar-refractivity contribution >= 4 is 16.9 Å². The Bertz CT molecular complexity index is 694. The number of carbonyl (C=O) groups excluding carboxylic acids is 1. The molecule has 4 heteroatoms. The lowest BCUT2D eigenvalue weighted by molar-refractivity contribution is -0.142. The minimum absolute atomic E-state index is 0.0960. The molecule has 2 aromatic rings. The number of hydrogen-bond acceptors (Lipinski definition) is 3. The normalized spacial score (nSPS) is 22.3. The SMILES string of the molecule is Cc1cc2occ(CC(=O)N3CC(C)OC(C)C3)c2cc1C. The summed E-state index contributed by atoms with van der Waals surface area (Å²) in [6.07, 6.45) is 2.29. The fourth-order valence-electron chi connectivity index (χ4n) is 3.13. The van der Waals surface area contributed by atoms with Gasteiger partial charge in [-0.15, -0.1) is 0 Å². The first kappa shape index (κ1) is 15.1. The summed E-state index contributed by atoms with van der Waals surface area (Å²) in [5, 5.41) is 1.05. The van der Waals surface area contributed by atoms with Crippen molar-refractivity contribution in [2.24, 2.45) is 0 Å². The highest BCUT2D eigenvalue weighted by Gasteiger charge is 2.26. The van der Waals surface area contributed by atoms with Crippen molar-refractivity contribution in [2.75, 3.05) is 13.1 Å². The number of nitrogens with zero attached hydrogens (tertiary/aromatic N) is 1. The van der Waals surface area contributed by atoms with Crippen LogP contribution < -0.4 is 0 Å². The molecule has 2 atom stereocenters. The molecule has 0 bridgehead atoms. The Balaban J connectivity index is 1.81. The Morgan fingerprint density at radius 2 is 1.82 bits per heavy atom. The van der Waals surface area contributed by atoms with Gasteiger partial charge in [0.2, 0.25) is 5.91 Å². The fraction of sp³-hybridized carbons (Fsp3) is 0.500. The summed E-state index contributed by atoms with van der Waals surface area (Å²) in [6, 6.07) is 4.15. The highest BCUT2D eigenvalue weighted by molar-refractivity contribution is 5.88. The average molecular weight is 301 g/mol. The van der Waals surface area contributed by atoms with Gasteiger partial charge in [-0.25, -0.2) is 0 Å². The highest BCUT2D eigenvalue weighted by Crippen LogP contribution is 2.25. The van der Waals surface area contributed by atoms with E-state index in [9.17, 15) is 4.79 Å². The monoisotopic (exact) mass is 301 g/mol. The predicted molar refractivity (Wildman–Crippen MR) is 86.0 cm³/mol. The fourth-order valence-corrected chi connectivity index (χ4v) is 3.13. The Kier molecular flexibility index (Phi) is 3.96. The number of morpholine rings is 1. The number of furan rings is 1. The van der Waals surface area contributed by atoms with E-state index in [0.717, 1.165) is 16.5 Å². The van der Waals surface area contributed by atoms with Crippen LogP contribution in [0.15, 0.2) is 22.8 Å². The van der Waals surface area contributed by atoms with Crippen molar-refractivity contribution < 1.29 is 13.9 Å². The predicted octanol–water partition coefficient (Wildman–Crippen LogP) is 3.23. The van der Waals surface area contributed by atoms with Gasteiger partial charge in [-0.3, -0.25) is 4.79 Å². The molecule has 0 saturated carbocycles. The van der Waals surface area contributed by atoms with Crippen LogP contribution in [0.1, 0.15) is 30.5 Å². The molecule has 1 amide bonds. The van der Waals surface area contributed by atoms with Gasteiger partial charge in [0.25, 0.3) is 0 Å². The molecule has 0 aliphatic carbocycles. The smallest absolute Gasteiger partial charge is 0.227 e. The van der Waals surface area contributed by atoms with Gasteiger partial charge in [-0.2, -0.15) is 0 Å². The van der Waals surface area contributed by atoms with E-state index < -0.39 is 0 Å². The van der Waals surface area contributed by atoms with E-state index in [1.54, 1.807) is 6.26 Å². The standard InChI is InChI=1S/C18H23NO3/c1-11-5-16-15(10-21-17(16)6-12(11)2)7-18(20)19-8-13(3)22-14(4)9-19/h5-6,10,13-14H,7-9H2,1-4H3. The van der Waals surface area contributed by atoms with E-state index >= 15 is 0 Å². The van der Waals surface area contributed by atoms with Crippen molar-refractivity contribution in [2.45, 2.75) is 46.3 Å². The minimum Gasteiger partial charge on any atom is -0.464 e. The van der Waals surface area contributed by atoms with Crippen LogP contribution in [0.5, 0.6) is 0 Å². The molecule has 1 aromatic heterocycles. The summed E-state index contributed by atoms with van der Waals surface area (Å²) in [5.74, 6) is 0.142. The van der Waals surface area contributed by atoms with Crippen LogP contribution in [-0.4, -0.2) is 36.1 Å². The quantitative estimate of drug-likeness (QED) is 0.855. The van der Waals surface area contributed by atoms with Gasteiger partial charge in [-0.05, 0) is 51.0 Å². The molecule has 1 saturated heterocycles. The zero-order valence-corrected chi connectivity index (χ0v) is 13.7. The van der Waals surface area contributed by atoms with Gasteiger partial charge >= 0.3 is 0 Å². The molecule has 0 spiro atoms. The van der Waals surface area contributed by atoms with Gasteiger partial charge in [0.05, 0.1) is 24.9 Å². The third-order valence-electron chi connectivity index (χ3n) is 4.38. The average Bonchev–Trinajstić information content (AvgIpc) is 2.80. The van der Waals surface area contributed by atoms with Crippen LogP contribution in [0.25, 0.3) is 11.0 Å². The lowest BCUT2D eigenvalue weighted by Crippen LogP contribution is -2.48. The largest absolute Gasteiger partial charge is 0.464 e. The van der Waals surface area contributed by atoms with Crippen LogP contribution in [0.2, 0.25) is 0 Å². The van der Waals surface area contributed by atoms with Crippen LogP contribution in [0.4, 0.5) is 0 Å². The van der Waals surface area contributed by atoms with E-state index in [1.807, 2.05) is 24.8 Å². The maximum Gasteiger partial charge on any atom is 0.227 e. The molecule has 3 rings (SSSR count). The van der Waals surface area contributed by atoms with Gasteiger partial charge in [-0.1, -0.05) is 0 Å². The number of carbonyl (C=O) groups is 1. The number of rotatable bonds is 2. The lowest BCUT2D eigenvalue weighted by atomic mass is 10.0. The van der Waals surface area contributed by atoms with Crippen molar-refractivity contribution in [3.05, 3.63) is 35.1 Å². The number of amides is 1. The summed E-state index contributed by atoms with van der Waals surface area (Å²) in [5.41, 5.74) is 4.25. The molecular weight excluding hydrogens is 278 g/mol. The first-order valence-electron chi connectivity index (χ1n) is 7.84. The highest BCUT2D eigenvalue weighted by atomic mass is 16.5. The Labute approximate surface area is 131 Å². The summed E-state index contributed by atoms with van der Waals surface area (Å²) >= 11 is 0. The minimum atomic E-state index is 0.0960. The summed E-state index contributed by atoms with van der Waals surface area (Å²) in [4.78, 5) is 14.5. The zero-order valence-electron chi connectivity index (χ0n) is 13.7. The van der Waals surface area contributed by atoms with Gasteiger partial charge in [0.15, 0.2) is 0 Å². The second kappa shape index (κ2) is 5.76. The van der Waals surface area contributed by atoms with Gasteiger partial charge < -0.3 is 14.1 Å². The molecule has 1 aliphatic rings. The number of benzene rings is 1. The summed E-state index contributed by atoms with van der Waals surface area (Å²) in [7, 11) is 0. The molecule has 22 heavy (non-hydrogen) atoms. The Hall–Kier alpha value is -1.81. The zero-order chi connectivity index (χ0) is 15.9. The molecule has 2 heterocycles. The molecule has 1 aromatic carbocycles. The molecule has 1 fully saturated rings. The lowest BCUT2D eigenvalue weighted by Gasteiger charge is -2.35. The van der Waals surface area contributed by atoms with Gasteiger partial charge in [0.1, 0.15) is 5.58 Å². The van der Waals surface area contributed by atoms with Gasteiger partial charge in [0, 0.05) is 24.0 Å². The Morgan fingerprint density at radius 1 is 1.18 bits per heavy atom. The second-order valence-corrected chi connectivity index (χ2v) is 6.43. The van der Waals surface area contributed by atoms with Crippen LogP contribution in [0, 0.1) is 13.8 Å². The van der Waals surface area contributed by atoms with E-state index in [2.05, 4.69) is 19.9 Å². The van der Waals surface area contributed by atoms with Crippen molar-refractivity contribution in [3.8, 4) is 0 Å². The Morgan fingerprint density at radius 3 is 2.50 bits per heavy atom. The van der Waals surface area contributed by atoms with Crippen LogP contribution in [-0.2, 0) is 16.0 Å². The third-order valence-corrected chi connectivity index (χ3v) is 4.38. The topological polar surface area (TPSA) is 42.7 Å². The first-order valence-corrected chi connectivity index (χ1v) is 7.84. The van der Waals surface area contributed by atoms with E-state index in [-0.39, 0.29) is 18.1 Å². The maximum atomic E-state index is 12.6. The number of fused-ring (bicyclic) bond motifs is 1.